The number of hydrogen-bond donors (Lipinski definition) is 0. The first-order chi connectivity index (χ1) is 15.4. The van der Waals surface area contributed by atoms with E-state index in [1.807, 2.05) is 31.2 Å². The summed E-state index contributed by atoms with van der Waals surface area (Å²) in [5.74, 6) is -1.33. The van der Waals surface area contributed by atoms with E-state index in [0.717, 1.165) is 36.1 Å². The quantitative estimate of drug-likeness (QED) is 0.607. The first-order valence-corrected chi connectivity index (χ1v) is 10.7. The second kappa shape index (κ2) is 8.09. The van der Waals surface area contributed by atoms with Gasteiger partial charge in [-0.05, 0) is 44.0 Å². The van der Waals surface area contributed by atoms with Crippen LogP contribution in [0, 0.1) is 24.0 Å². The Morgan fingerprint density at radius 3 is 2.56 bits per heavy atom. The Morgan fingerprint density at radius 2 is 1.84 bits per heavy atom. The lowest BCUT2D eigenvalue weighted by Crippen LogP contribution is -2.37. The molecule has 5 rings (SSSR count). The van der Waals surface area contributed by atoms with Gasteiger partial charge in [0, 0.05) is 43.3 Å². The van der Waals surface area contributed by atoms with E-state index in [-0.39, 0.29) is 16.9 Å². The highest BCUT2D eigenvalue weighted by Gasteiger charge is 2.51. The number of likely N-dealkylation sites (tertiary alicyclic amines) is 1. The van der Waals surface area contributed by atoms with Crippen molar-refractivity contribution in [3.63, 3.8) is 0 Å². The average molecular weight is 439 g/mol. The lowest BCUT2D eigenvalue weighted by molar-refractivity contribution is 0.00905. The van der Waals surface area contributed by atoms with E-state index in [1.54, 1.807) is 4.90 Å². The topological polar surface area (TPSA) is 68.5 Å². The molecule has 2 aliphatic heterocycles. The smallest absolute Gasteiger partial charge is 0.256 e. The zero-order valence-electron chi connectivity index (χ0n) is 17.7. The van der Waals surface area contributed by atoms with Crippen LogP contribution in [0.25, 0.3) is 11.5 Å². The Labute approximate surface area is 184 Å². The molecule has 1 atom stereocenters. The average Bonchev–Trinajstić information content (AvgIpc) is 3.40. The first-order valence-electron chi connectivity index (χ1n) is 10.7. The Morgan fingerprint density at radius 1 is 1.09 bits per heavy atom. The number of halogens is 2. The zero-order valence-corrected chi connectivity index (χ0v) is 17.7. The standard InChI is InChI=1S/C24H23F2N3O3/c1-15-2-4-16(5-3-15)21-27-28-22(32-21)19-13-29(14-24(19)8-10-31-11-9-24)23(30)18-7-6-17(25)12-20(18)26/h2-7,12,19H,8-11,13-14H2,1H3. The molecular formula is C24H23F2N3O3. The fourth-order valence-electron chi connectivity index (χ4n) is 4.77. The number of carbonyl (C=O) groups excluding carboxylic acids is 1. The molecule has 166 valence electrons. The molecule has 1 spiro atoms. The summed E-state index contributed by atoms with van der Waals surface area (Å²) in [6.45, 7) is 3.90. The number of nitrogens with zero attached hydrogens (tertiary/aromatic N) is 3. The molecule has 3 aromatic rings. The molecule has 3 heterocycles. The summed E-state index contributed by atoms with van der Waals surface area (Å²) in [5, 5.41) is 8.56. The van der Waals surface area contributed by atoms with Crippen LogP contribution in [-0.2, 0) is 4.74 Å². The SMILES string of the molecule is Cc1ccc(-c2nnc(C3CN(C(=O)c4ccc(F)cc4F)CC34CCOCC4)o2)cc1. The van der Waals surface area contributed by atoms with Gasteiger partial charge < -0.3 is 14.1 Å². The minimum atomic E-state index is -0.862. The van der Waals surface area contributed by atoms with Gasteiger partial charge in [0.05, 0.1) is 11.5 Å². The maximum Gasteiger partial charge on any atom is 0.256 e. The number of carbonyl (C=O) groups is 1. The monoisotopic (exact) mass is 439 g/mol. The van der Waals surface area contributed by atoms with E-state index in [2.05, 4.69) is 10.2 Å². The molecule has 0 saturated carbocycles. The predicted octanol–water partition coefficient (Wildman–Crippen LogP) is 4.36. The van der Waals surface area contributed by atoms with Gasteiger partial charge in [-0.15, -0.1) is 10.2 Å². The maximum atomic E-state index is 14.3. The molecule has 8 heteroatoms. The second-order valence-corrected chi connectivity index (χ2v) is 8.65. The van der Waals surface area contributed by atoms with Crippen molar-refractivity contribution in [2.24, 2.45) is 5.41 Å². The fraction of sp³-hybridized carbons (Fsp3) is 0.375. The van der Waals surface area contributed by atoms with Gasteiger partial charge in [-0.2, -0.15) is 0 Å². The summed E-state index contributed by atoms with van der Waals surface area (Å²) in [5.41, 5.74) is 1.53. The third-order valence-electron chi connectivity index (χ3n) is 6.62. The molecule has 32 heavy (non-hydrogen) atoms. The molecule has 2 fully saturated rings. The van der Waals surface area contributed by atoms with Gasteiger partial charge >= 0.3 is 0 Å². The maximum absolute atomic E-state index is 14.3. The van der Waals surface area contributed by atoms with Crippen LogP contribution in [0.4, 0.5) is 8.78 Å². The van der Waals surface area contributed by atoms with Gasteiger partial charge in [0.25, 0.3) is 5.91 Å². The fourth-order valence-corrected chi connectivity index (χ4v) is 4.77. The van der Waals surface area contributed by atoms with Crippen LogP contribution in [0.15, 0.2) is 46.9 Å². The van der Waals surface area contributed by atoms with E-state index in [1.165, 1.54) is 6.07 Å². The first kappa shape index (κ1) is 20.8. The van der Waals surface area contributed by atoms with Crippen molar-refractivity contribution < 1.29 is 22.7 Å². The Kier molecular flexibility index (Phi) is 5.25. The molecule has 2 aliphatic rings. The highest BCUT2D eigenvalue weighted by molar-refractivity contribution is 5.94. The molecule has 1 amide bonds. The number of aryl methyl sites for hydroxylation is 1. The van der Waals surface area contributed by atoms with Crippen molar-refractivity contribution >= 4 is 5.91 Å². The van der Waals surface area contributed by atoms with Crippen LogP contribution in [-0.4, -0.2) is 47.3 Å². The Balaban J connectivity index is 1.45. The zero-order chi connectivity index (χ0) is 22.3. The molecule has 0 radical (unpaired) electrons. The highest BCUT2D eigenvalue weighted by atomic mass is 19.1. The van der Waals surface area contributed by atoms with Crippen LogP contribution in [0.3, 0.4) is 0 Å². The van der Waals surface area contributed by atoms with Gasteiger partial charge in [-0.1, -0.05) is 17.7 Å². The molecule has 1 aromatic heterocycles. The van der Waals surface area contributed by atoms with Crippen LogP contribution in [0.1, 0.15) is 40.6 Å². The van der Waals surface area contributed by atoms with E-state index in [9.17, 15) is 13.6 Å². The van der Waals surface area contributed by atoms with Crippen molar-refractivity contribution in [1.29, 1.82) is 0 Å². The number of amides is 1. The van der Waals surface area contributed by atoms with Crippen molar-refractivity contribution in [1.82, 2.24) is 15.1 Å². The summed E-state index contributed by atoms with van der Waals surface area (Å²) in [6.07, 6.45) is 1.46. The van der Waals surface area contributed by atoms with Crippen molar-refractivity contribution in [3.8, 4) is 11.5 Å². The summed E-state index contributed by atoms with van der Waals surface area (Å²) in [6, 6.07) is 10.8. The van der Waals surface area contributed by atoms with Crippen LogP contribution >= 0.6 is 0 Å². The summed E-state index contributed by atoms with van der Waals surface area (Å²) < 4.78 is 39.2. The third kappa shape index (κ3) is 3.68. The summed E-state index contributed by atoms with van der Waals surface area (Å²) in [7, 11) is 0. The normalized spacial score (nSPS) is 20.1. The number of benzene rings is 2. The van der Waals surface area contributed by atoms with Crippen LogP contribution < -0.4 is 0 Å². The van der Waals surface area contributed by atoms with Crippen LogP contribution in [0.5, 0.6) is 0 Å². The summed E-state index contributed by atoms with van der Waals surface area (Å²) in [4.78, 5) is 14.7. The highest BCUT2D eigenvalue weighted by Crippen LogP contribution is 2.49. The number of rotatable bonds is 3. The molecule has 2 aromatic carbocycles. The molecule has 0 bridgehead atoms. The summed E-state index contributed by atoms with van der Waals surface area (Å²) >= 11 is 0. The van der Waals surface area contributed by atoms with Gasteiger partial charge in [0.1, 0.15) is 11.6 Å². The molecule has 0 aliphatic carbocycles. The van der Waals surface area contributed by atoms with Crippen molar-refractivity contribution in [2.45, 2.75) is 25.7 Å². The molecular weight excluding hydrogens is 416 g/mol. The number of hydrogen-bond acceptors (Lipinski definition) is 5. The lowest BCUT2D eigenvalue weighted by atomic mass is 9.72. The Bertz CT molecular complexity index is 1140. The third-order valence-corrected chi connectivity index (χ3v) is 6.62. The number of ether oxygens (including phenoxy) is 1. The van der Waals surface area contributed by atoms with E-state index in [0.29, 0.717) is 38.1 Å². The predicted molar refractivity (Wildman–Crippen MR) is 112 cm³/mol. The number of aromatic nitrogens is 2. The van der Waals surface area contributed by atoms with Gasteiger partial charge in [0.15, 0.2) is 0 Å². The second-order valence-electron chi connectivity index (χ2n) is 8.65. The molecule has 6 nitrogen and oxygen atoms in total. The van der Waals surface area contributed by atoms with E-state index >= 15 is 0 Å². The minimum absolute atomic E-state index is 0.139. The molecule has 2 saturated heterocycles. The van der Waals surface area contributed by atoms with Gasteiger partial charge in [-0.25, -0.2) is 8.78 Å². The van der Waals surface area contributed by atoms with Crippen molar-refractivity contribution in [3.05, 3.63) is 71.1 Å². The lowest BCUT2D eigenvalue weighted by Gasteiger charge is -2.36. The van der Waals surface area contributed by atoms with Crippen LogP contribution in [0.2, 0.25) is 0 Å². The van der Waals surface area contributed by atoms with Gasteiger partial charge in [0.2, 0.25) is 11.8 Å². The van der Waals surface area contributed by atoms with E-state index < -0.39 is 17.5 Å². The molecule has 1 unspecified atom stereocenters. The Hall–Kier alpha value is -3.13. The van der Waals surface area contributed by atoms with E-state index in [4.69, 9.17) is 9.15 Å². The molecule has 0 N–H and O–H groups in total. The van der Waals surface area contributed by atoms with Gasteiger partial charge in [-0.3, -0.25) is 4.79 Å². The minimum Gasteiger partial charge on any atom is -0.420 e. The van der Waals surface area contributed by atoms with Crippen molar-refractivity contribution in [2.75, 3.05) is 26.3 Å². The largest absolute Gasteiger partial charge is 0.420 e.